The van der Waals surface area contributed by atoms with Crippen molar-refractivity contribution in [3.05, 3.63) is 24.0 Å². The summed E-state index contributed by atoms with van der Waals surface area (Å²) in [5.74, 6) is -0.289. The SMILES string of the molecule is CON(C)C(=O)c1ccncc1N. The average molecular weight is 181 g/mol. The molecule has 1 aromatic rings. The van der Waals surface area contributed by atoms with E-state index < -0.39 is 0 Å². The van der Waals surface area contributed by atoms with Crippen molar-refractivity contribution in [3.63, 3.8) is 0 Å². The Labute approximate surface area is 76.1 Å². The smallest absolute Gasteiger partial charge is 0.279 e. The maximum absolute atomic E-state index is 11.5. The van der Waals surface area contributed by atoms with Gasteiger partial charge in [-0.25, -0.2) is 5.06 Å². The average Bonchev–Trinajstić information content (AvgIpc) is 2.16. The second-order valence-electron chi connectivity index (χ2n) is 2.45. The number of hydroxylamine groups is 2. The largest absolute Gasteiger partial charge is 0.397 e. The van der Waals surface area contributed by atoms with Crippen LogP contribution in [0, 0.1) is 0 Å². The van der Waals surface area contributed by atoms with Crippen molar-refractivity contribution in [2.75, 3.05) is 19.9 Å². The first-order valence-electron chi connectivity index (χ1n) is 3.68. The van der Waals surface area contributed by atoms with Gasteiger partial charge in [-0.3, -0.25) is 14.6 Å². The molecule has 1 rings (SSSR count). The third-order valence-electron chi connectivity index (χ3n) is 1.64. The Kier molecular flexibility index (Phi) is 2.81. The molecule has 0 aromatic carbocycles. The molecule has 0 saturated heterocycles. The van der Waals surface area contributed by atoms with E-state index in [4.69, 9.17) is 10.6 Å². The molecule has 0 radical (unpaired) electrons. The first kappa shape index (κ1) is 9.47. The van der Waals surface area contributed by atoms with E-state index in [0.717, 1.165) is 5.06 Å². The molecule has 0 bridgehead atoms. The molecule has 1 amide bonds. The molecule has 70 valence electrons. The van der Waals surface area contributed by atoms with E-state index in [1.165, 1.54) is 26.6 Å². The Morgan fingerprint density at radius 2 is 2.38 bits per heavy atom. The first-order valence-corrected chi connectivity index (χ1v) is 3.68. The maximum atomic E-state index is 11.5. The molecule has 1 aromatic heterocycles. The van der Waals surface area contributed by atoms with Crippen LogP contribution in [0.1, 0.15) is 10.4 Å². The molecule has 0 aliphatic rings. The van der Waals surface area contributed by atoms with E-state index in [9.17, 15) is 4.79 Å². The molecule has 0 fully saturated rings. The third-order valence-corrected chi connectivity index (χ3v) is 1.64. The molecule has 0 saturated carbocycles. The minimum absolute atomic E-state index is 0.289. The van der Waals surface area contributed by atoms with E-state index in [1.807, 2.05) is 0 Å². The van der Waals surface area contributed by atoms with Gasteiger partial charge in [-0.1, -0.05) is 0 Å². The summed E-state index contributed by atoms with van der Waals surface area (Å²) >= 11 is 0. The molecule has 1 heterocycles. The molecule has 13 heavy (non-hydrogen) atoms. The van der Waals surface area contributed by atoms with Gasteiger partial charge in [0.2, 0.25) is 0 Å². The predicted octanol–water partition coefficient (Wildman–Crippen LogP) is 0.297. The zero-order valence-electron chi connectivity index (χ0n) is 7.52. The Morgan fingerprint density at radius 1 is 1.69 bits per heavy atom. The Morgan fingerprint density at radius 3 is 2.92 bits per heavy atom. The van der Waals surface area contributed by atoms with Crippen molar-refractivity contribution >= 4 is 11.6 Å². The molecule has 5 nitrogen and oxygen atoms in total. The number of carbonyl (C=O) groups excluding carboxylic acids is 1. The van der Waals surface area contributed by atoms with Crippen molar-refractivity contribution in [3.8, 4) is 0 Å². The number of anilines is 1. The van der Waals surface area contributed by atoms with Crippen molar-refractivity contribution in [1.29, 1.82) is 0 Å². The van der Waals surface area contributed by atoms with Gasteiger partial charge in [0.15, 0.2) is 0 Å². The van der Waals surface area contributed by atoms with E-state index in [1.54, 1.807) is 6.07 Å². The normalized spacial score (nSPS) is 9.69. The van der Waals surface area contributed by atoms with Crippen LogP contribution < -0.4 is 5.73 Å². The number of aromatic nitrogens is 1. The molecule has 0 unspecified atom stereocenters. The van der Waals surface area contributed by atoms with Gasteiger partial charge in [0.05, 0.1) is 24.6 Å². The van der Waals surface area contributed by atoms with Crippen LogP contribution in [0.3, 0.4) is 0 Å². The number of amides is 1. The summed E-state index contributed by atoms with van der Waals surface area (Å²) < 4.78 is 0. The number of carbonyl (C=O) groups is 1. The highest BCUT2D eigenvalue weighted by molar-refractivity contribution is 5.98. The second kappa shape index (κ2) is 3.86. The zero-order valence-corrected chi connectivity index (χ0v) is 7.52. The third kappa shape index (κ3) is 1.94. The lowest BCUT2D eigenvalue weighted by Gasteiger charge is -2.14. The Bertz CT molecular complexity index is 314. The number of nitrogens with two attached hydrogens (primary N) is 1. The van der Waals surface area contributed by atoms with Crippen molar-refractivity contribution in [2.24, 2.45) is 0 Å². The van der Waals surface area contributed by atoms with Crippen LogP contribution in [0.2, 0.25) is 0 Å². The van der Waals surface area contributed by atoms with Crippen LogP contribution in [0.15, 0.2) is 18.5 Å². The highest BCUT2D eigenvalue weighted by Crippen LogP contribution is 2.10. The van der Waals surface area contributed by atoms with Gasteiger partial charge in [-0.15, -0.1) is 0 Å². The molecule has 0 atom stereocenters. The molecular formula is C8H11N3O2. The summed E-state index contributed by atoms with van der Waals surface area (Å²) in [4.78, 5) is 20.0. The van der Waals surface area contributed by atoms with Crippen LogP contribution in [-0.4, -0.2) is 30.1 Å². The summed E-state index contributed by atoms with van der Waals surface area (Å²) in [6, 6.07) is 1.55. The zero-order chi connectivity index (χ0) is 9.84. The maximum Gasteiger partial charge on any atom is 0.279 e. The molecule has 2 N–H and O–H groups in total. The van der Waals surface area contributed by atoms with Crippen LogP contribution >= 0.6 is 0 Å². The molecule has 0 aliphatic heterocycles. The van der Waals surface area contributed by atoms with Crippen LogP contribution in [-0.2, 0) is 4.84 Å². The van der Waals surface area contributed by atoms with Gasteiger partial charge in [-0.2, -0.15) is 0 Å². The molecule has 0 aliphatic carbocycles. The van der Waals surface area contributed by atoms with Gasteiger partial charge < -0.3 is 5.73 Å². The number of rotatable bonds is 2. The lowest BCUT2D eigenvalue weighted by molar-refractivity contribution is -0.0756. The van der Waals surface area contributed by atoms with E-state index in [0.29, 0.717) is 11.3 Å². The summed E-state index contributed by atoms with van der Waals surface area (Å²) in [6.07, 6.45) is 2.93. The highest BCUT2D eigenvalue weighted by atomic mass is 16.7. The Balaban J connectivity index is 2.95. The second-order valence-corrected chi connectivity index (χ2v) is 2.45. The summed E-state index contributed by atoms with van der Waals surface area (Å²) in [5, 5.41) is 1.10. The fraction of sp³-hybridized carbons (Fsp3) is 0.250. The topological polar surface area (TPSA) is 68.5 Å². The number of pyridine rings is 1. The number of nitrogen functional groups attached to an aromatic ring is 1. The predicted molar refractivity (Wildman–Crippen MR) is 47.8 cm³/mol. The van der Waals surface area contributed by atoms with Gasteiger partial charge in [0.25, 0.3) is 5.91 Å². The van der Waals surface area contributed by atoms with Gasteiger partial charge in [0.1, 0.15) is 0 Å². The van der Waals surface area contributed by atoms with E-state index in [-0.39, 0.29) is 5.91 Å². The van der Waals surface area contributed by atoms with Crippen LogP contribution in [0.25, 0.3) is 0 Å². The van der Waals surface area contributed by atoms with Crippen molar-refractivity contribution in [2.45, 2.75) is 0 Å². The monoisotopic (exact) mass is 181 g/mol. The molecule has 0 spiro atoms. The van der Waals surface area contributed by atoms with Crippen molar-refractivity contribution < 1.29 is 9.63 Å². The lowest BCUT2D eigenvalue weighted by atomic mass is 10.2. The Hall–Kier alpha value is -1.62. The number of nitrogens with zero attached hydrogens (tertiary/aromatic N) is 2. The number of hydrogen-bond acceptors (Lipinski definition) is 4. The van der Waals surface area contributed by atoms with Crippen LogP contribution in [0.5, 0.6) is 0 Å². The van der Waals surface area contributed by atoms with Gasteiger partial charge >= 0.3 is 0 Å². The fourth-order valence-electron chi connectivity index (χ4n) is 0.854. The van der Waals surface area contributed by atoms with Gasteiger partial charge in [0, 0.05) is 13.2 Å². The molecular weight excluding hydrogens is 170 g/mol. The van der Waals surface area contributed by atoms with E-state index >= 15 is 0 Å². The van der Waals surface area contributed by atoms with Crippen molar-refractivity contribution in [1.82, 2.24) is 10.0 Å². The van der Waals surface area contributed by atoms with Crippen LogP contribution in [0.4, 0.5) is 5.69 Å². The quantitative estimate of drug-likeness (QED) is 0.666. The lowest BCUT2D eigenvalue weighted by Crippen LogP contribution is -2.26. The van der Waals surface area contributed by atoms with Gasteiger partial charge in [-0.05, 0) is 6.07 Å². The fourth-order valence-corrected chi connectivity index (χ4v) is 0.854. The summed E-state index contributed by atoms with van der Waals surface area (Å²) in [5.41, 5.74) is 6.28. The standard InChI is InChI=1S/C8H11N3O2/c1-11(13-2)8(12)6-3-4-10-5-7(6)9/h3-5H,9H2,1-2H3. The highest BCUT2D eigenvalue weighted by Gasteiger charge is 2.13. The minimum Gasteiger partial charge on any atom is -0.397 e. The van der Waals surface area contributed by atoms with E-state index in [2.05, 4.69) is 4.98 Å². The number of hydrogen-bond donors (Lipinski definition) is 1. The summed E-state index contributed by atoms with van der Waals surface area (Å²) in [6.45, 7) is 0. The minimum atomic E-state index is -0.289. The first-order chi connectivity index (χ1) is 6.16. The summed E-state index contributed by atoms with van der Waals surface area (Å²) in [7, 11) is 2.93. The molecule has 5 heteroatoms.